The predicted octanol–water partition coefficient (Wildman–Crippen LogP) is 2.88. The molecular weight excluding hydrogens is 230 g/mol. The van der Waals surface area contributed by atoms with Crippen molar-refractivity contribution >= 4 is 11.9 Å². The summed E-state index contributed by atoms with van der Waals surface area (Å²) in [5, 5.41) is 10.6. The van der Waals surface area contributed by atoms with Crippen molar-refractivity contribution in [2.45, 2.75) is 58.3 Å². The summed E-state index contributed by atoms with van der Waals surface area (Å²) >= 11 is 0. The van der Waals surface area contributed by atoms with E-state index in [9.17, 15) is 9.59 Å². The Labute approximate surface area is 109 Å². The molecule has 0 bridgehead atoms. The average Bonchev–Trinajstić information content (AvgIpc) is 2.34. The number of carboxylic acids is 1. The number of rotatable bonds is 11. The smallest absolute Gasteiger partial charge is 0.322 e. The second-order valence-electron chi connectivity index (χ2n) is 4.42. The Balaban J connectivity index is 3.31. The van der Waals surface area contributed by atoms with Crippen LogP contribution in [0.25, 0.3) is 0 Å². The van der Waals surface area contributed by atoms with Gasteiger partial charge in [-0.1, -0.05) is 51.5 Å². The minimum atomic E-state index is -1.02. The summed E-state index contributed by atoms with van der Waals surface area (Å²) in [5.41, 5.74) is 0. The highest BCUT2D eigenvalue weighted by Crippen LogP contribution is 2.08. The van der Waals surface area contributed by atoms with Crippen LogP contribution in [0.3, 0.4) is 0 Å². The fourth-order valence-electron chi connectivity index (χ4n) is 1.63. The van der Waals surface area contributed by atoms with Gasteiger partial charge in [0.15, 0.2) is 0 Å². The number of carboxylic acid groups (broad SMARTS) is 1. The second kappa shape index (κ2) is 12.1. The van der Waals surface area contributed by atoms with E-state index in [0.717, 1.165) is 12.8 Å². The number of unbranched alkanes of at least 4 members (excludes halogenated alkanes) is 7. The van der Waals surface area contributed by atoms with Gasteiger partial charge in [0, 0.05) is 0 Å². The maximum Gasteiger partial charge on any atom is 0.322 e. The Morgan fingerprint density at radius 2 is 1.67 bits per heavy atom. The minimum Gasteiger partial charge on any atom is -0.480 e. The van der Waals surface area contributed by atoms with Crippen molar-refractivity contribution < 1.29 is 14.7 Å². The summed E-state index contributed by atoms with van der Waals surface area (Å²) in [6, 6.07) is 0. The molecule has 0 spiro atoms. The number of nitrogens with one attached hydrogen (secondary N) is 1. The monoisotopic (exact) mass is 255 g/mol. The minimum absolute atomic E-state index is 0.319. The first-order valence-electron chi connectivity index (χ1n) is 6.83. The number of amides is 1. The molecule has 0 aliphatic carbocycles. The molecule has 1 amide bonds. The van der Waals surface area contributed by atoms with Crippen molar-refractivity contribution in [3.63, 3.8) is 0 Å². The van der Waals surface area contributed by atoms with Crippen LogP contribution >= 0.6 is 0 Å². The molecule has 0 unspecified atom stereocenters. The van der Waals surface area contributed by atoms with Gasteiger partial charge in [-0.3, -0.25) is 9.59 Å². The highest BCUT2D eigenvalue weighted by Gasteiger charge is 1.98. The van der Waals surface area contributed by atoms with Gasteiger partial charge in [-0.2, -0.15) is 0 Å². The van der Waals surface area contributed by atoms with Crippen molar-refractivity contribution in [3.05, 3.63) is 12.2 Å². The van der Waals surface area contributed by atoms with Gasteiger partial charge in [0.25, 0.3) is 0 Å². The first-order valence-corrected chi connectivity index (χ1v) is 6.83. The van der Waals surface area contributed by atoms with Gasteiger partial charge in [-0.15, -0.1) is 0 Å². The second-order valence-corrected chi connectivity index (χ2v) is 4.42. The number of carbonyl (C=O) groups is 2. The van der Waals surface area contributed by atoms with Gasteiger partial charge in [0.2, 0.25) is 5.91 Å². The fraction of sp³-hybridized carbons (Fsp3) is 0.714. The SMILES string of the molecule is CCCCCCCCC/C=C/C(=O)NCC(=O)O. The third-order valence-corrected chi connectivity index (χ3v) is 2.66. The Hall–Kier alpha value is -1.32. The van der Waals surface area contributed by atoms with Crippen LogP contribution in [-0.4, -0.2) is 23.5 Å². The zero-order chi connectivity index (χ0) is 13.6. The lowest BCUT2D eigenvalue weighted by atomic mass is 10.1. The number of aliphatic carboxylic acids is 1. The lowest BCUT2D eigenvalue weighted by Crippen LogP contribution is -2.27. The van der Waals surface area contributed by atoms with E-state index >= 15 is 0 Å². The molecule has 0 aliphatic heterocycles. The summed E-state index contributed by atoms with van der Waals surface area (Å²) in [6.07, 6.45) is 12.9. The van der Waals surface area contributed by atoms with Gasteiger partial charge >= 0.3 is 5.97 Å². The van der Waals surface area contributed by atoms with Crippen LogP contribution in [-0.2, 0) is 9.59 Å². The van der Waals surface area contributed by atoms with Gasteiger partial charge < -0.3 is 10.4 Å². The maximum absolute atomic E-state index is 11.1. The zero-order valence-corrected chi connectivity index (χ0v) is 11.3. The Bertz CT molecular complexity index is 262. The van der Waals surface area contributed by atoms with Crippen LogP contribution < -0.4 is 5.32 Å². The number of hydrogen-bond donors (Lipinski definition) is 2. The Morgan fingerprint density at radius 3 is 2.28 bits per heavy atom. The first-order chi connectivity index (χ1) is 8.66. The van der Waals surface area contributed by atoms with Crippen molar-refractivity contribution in [2.24, 2.45) is 0 Å². The fourth-order valence-corrected chi connectivity index (χ4v) is 1.63. The molecule has 18 heavy (non-hydrogen) atoms. The molecule has 0 aliphatic rings. The van der Waals surface area contributed by atoms with Crippen molar-refractivity contribution in [1.82, 2.24) is 5.32 Å². The summed E-state index contributed by atoms with van der Waals surface area (Å²) < 4.78 is 0. The summed E-state index contributed by atoms with van der Waals surface area (Å²) in [5.74, 6) is -1.36. The van der Waals surface area contributed by atoms with Crippen LogP contribution in [0.1, 0.15) is 58.3 Å². The predicted molar refractivity (Wildman–Crippen MR) is 72.4 cm³/mol. The van der Waals surface area contributed by atoms with Crippen molar-refractivity contribution in [3.8, 4) is 0 Å². The molecule has 0 aromatic rings. The molecule has 0 fully saturated rings. The number of allylic oxidation sites excluding steroid dienone is 1. The van der Waals surface area contributed by atoms with Gasteiger partial charge in [-0.05, 0) is 18.9 Å². The molecule has 4 heteroatoms. The third-order valence-electron chi connectivity index (χ3n) is 2.66. The molecule has 4 nitrogen and oxygen atoms in total. The van der Waals surface area contributed by atoms with Gasteiger partial charge in [0.05, 0.1) is 0 Å². The molecule has 0 heterocycles. The van der Waals surface area contributed by atoms with Crippen LogP contribution in [0.5, 0.6) is 0 Å². The van der Waals surface area contributed by atoms with Gasteiger partial charge in [0.1, 0.15) is 6.54 Å². The maximum atomic E-state index is 11.1. The average molecular weight is 255 g/mol. The van der Waals surface area contributed by atoms with E-state index < -0.39 is 5.97 Å². The summed E-state index contributed by atoms with van der Waals surface area (Å²) in [7, 11) is 0. The van der Waals surface area contributed by atoms with Crippen LogP contribution in [0, 0.1) is 0 Å². The molecular formula is C14H25NO3. The number of carbonyl (C=O) groups excluding carboxylic acids is 1. The molecule has 0 aromatic heterocycles. The van der Waals surface area contributed by atoms with E-state index in [1.165, 1.54) is 44.6 Å². The molecule has 0 saturated heterocycles. The topological polar surface area (TPSA) is 66.4 Å². The highest BCUT2D eigenvalue weighted by atomic mass is 16.4. The summed E-state index contributed by atoms with van der Waals surface area (Å²) in [6.45, 7) is 1.89. The van der Waals surface area contributed by atoms with Crippen LogP contribution in [0.2, 0.25) is 0 Å². The molecule has 0 rings (SSSR count). The Morgan fingerprint density at radius 1 is 1.06 bits per heavy atom. The van der Waals surface area contributed by atoms with E-state index in [-0.39, 0.29) is 12.5 Å². The van der Waals surface area contributed by atoms with Crippen molar-refractivity contribution in [2.75, 3.05) is 6.54 Å². The quantitative estimate of drug-likeness (QED) is 0.440. The zero-order valence-electron chi connectivity index (χ0n) is 11.3. The lowest BCUT2D eigenvalue weighted by molar-refractivity contribution is -0.137. The highest BCUT2D eigenvalue weighted by molar-refractivity contribution is 5.89. The normalized spacial score (nSPS) is 10.7. The molecule has 0 saturated carbocycles. The Kier molecular flexibility index (Phi) is 11.3. The molecule has 0 aromatic carbocycles. The number of hydrogen-bond acceptors (Lipinski definition) is 2. The molecule has 0 radical (unpaired) electrons. The molecule has 104 valence electrons. The molecule has 2 N–H and O–H groups in total. The standard InChI is InChI=1S/C14H25NO3/c1-2-3-4-5-6-7-8-9-10-11-13(16)15-12-14(17)18/h10-11H,2-9,12H2,1H3,(H,15,16)(H,17,18)/b11-10+. The van der Waals surface area contributed by atoms with Crippen LogP contribution in [0.4, 0.5) is 0 Å². The van der Waals surface area contributed by atoms with E-state index in [2.05, 4.69) is 12.2 Å². The summed E-state index contributed by atoms with van der Waals surface area (Å²) in [4.78, 5) is 21.3. The third kappa shape index (κ3) is 12.7. The van der Waals surface area contributed by atoms with Crippen molar-refractivity contribution in [1.29, 1.82) is 0 Å². The largest absolute Gasteiger partial charge is 0.480 e. The van der Waals surface area contributed by atoms with E-state index in [0.29, 0.717) is 0 Å². The van der Waals surface area contributed by atoms with E-state index in [4.69, 9.17) is 5.11 Å². The molecule has 0 atom stereocenters. The lowest BCUT2D eigenvalue weighted by Gasteiger charge is -1.99. The van der Waals surface area contributed by atoms with E-state index in [1.807, 2.05) is 6.08 Å². The van der Waals surface area contributed by atoms with E-state index in [1.54, 1.807) is 0 Å². The van der Waals surface area contributed by atoms with Gasteiger partial charge in [-0.25, -0.2) is 0 Å². The first kappa shape index (κ1) is 16.7. The van der Waals surface area contributed by atoms with Crippen LogP contribution in [0.15, 0.2) is 12.2 Å².